The van der Waals surface area contributed by atoms with Gasteiger partial charge in [-0.2, -0.15) is 5.21 Å². The summed E-state index contributed by atoms with van der Waals surface area (Å²) < 4.78 is 0. The largest absolute Gasteiger partial charge is 0.351 e. The smallest absolute Gasteiger partial charge is 0.234 e. The fourth-order valence-corrected chi connectivity index (χ4v) is 2.83. The van der Waals surface area contributed by atoms with Crippen LogP contribution in [0, 0.1) is 0 Å². The van der Waals surface area contributed by atoms with E-state index in [-0.39, 0.29) is 5.91 Å². The number of benzene rings is 1. The number of tetrazole rings is 1. The topological polar surface area (TPSA) is 90.0 Å². The number of carbonyl (C=O) groups excluding carboxylic acids is 1. The Morgan fingerprint density at radius 2 is 2.04 bits per heavy atom. The molecule has 0 spiro atoms. The van der Waals surface area contributed by atoms with E-state index < -0.39 is 0 Å². The summed E-state index contributed by atoms with van der Waals surface area (Å²) in [5, 5.41) is 16.9. The molecule has 24 heavy (non-hydrogen) atoms. The lowest BCUT2D eigenvalue weighted by Gasteiger charge is -2.33. The Kier molecular flexibility index (Phi) is 5.50. The average Bonchev–Trinajstić information content (AvgIpc) is 3.16. The molecule has 0 bridgehead atoms. The number of nitrogens with one attached hydrogen (secondary N) is 2. The number of hydrogen-bond donors (Lipinski definition) is 2. The minimum absolute atomic E-state index is 0.0601. The lowest BCUT2D eigenvalue weighted by atomic mass is 10.1. The van der Waals surface area contributed by atoms with Gasteiger partial charge in [0.05, 0.1) is 6.54 Å². The third-order valence-electron chi connectivity index (χ3n) is 4.30. The quantitative estimate of drug-likeness (QED) is 0.782. The van der Waals surface area contributed by atoms with E-state index in [1.807, 2.05) is 24.3 Å². The highest BCUT2D eigenvalue weighted by atomic mass is 16.2. The normalized spacial score (nSPS) is 16.2. The molecule has 2 N–H and O–H groups in total. The molecule has 2 aromatic rings. The van der Waals surface area contributed by atoms with Crippen LogP contribution in [0.25, 0.3) is 11.4 Å². The molecule has 3 rings (SSSR count). The summed E-state index contributed by atoms with van der Waals surface area (Å²) in [6, 6.07) is 7.79. The number of aromatic nitrogens is 4. The predicted molar refractivity (Wildman–Crippen MR) is 90.0 cm³/mol. The second kappa shape index (κ2) is 7.98. The van der Waals surface area contributed by atoms with Gasteiger partial charge in [0.2, 0.25) is 11.7 Å². The summed E-state index contributed by atoms with van der Waals surface area (Å²) in [6.45, 7) is 8.19. The van der Waals surface area contributed by atoms with Crippen LogP contribution in [0.15, 0.2) is 24.3 Å². The van der Waals surface area contributed by atoms with Crippen LogP contribution in [0.4, 0.5) is 0 Å². The van der Waals surface area contributed by atoms with E-state index in [2.05, 4.69) is 42.7 Å². The Morgan fingerprint density at radius 3 is 2.75 bits per heavy atom. The minimum atomic E-state index is 0.0601. The molecular weight excluding hydrogens is 306 g/mol. The average molecular weight is 329 g/mol. The molecule has 0 aliphatic carbocycles. The van der Waals surface area contributed by atoms with Gasteiger partial charge in [-0.1, -0.05) is 25.1 Å². The highest BCUT2D eigenvalue weighted by Crippen LogP contribution is 2.14. The molecule has 8 heteroatoms. The van der Waals surface area contributed by atoms with Crippen molar-refractivity contribution >= 4 is 5.91 Å². The predicted octanol–water partition coefficient (Wildman–Crippen LogP) is 0.120. The lowest BCUT2D eigenvalue weighted by molar-refractivity contribution is -0.122. The molecule has 2 heterocycles. The van der Waals surface area contributed by atoms with E-state index in [4.69, 9.17) is 0 Å². The zero-order chi connectivity index (χ0) is 16.8. The second-order valence-corrected chi connectivity index (χ2v) is 5.92. The molecule has 128 valence electrons. The maximum absolute atomic E-state index is 12.1. The van der Waals surface area contributed by atoms with E-state index in [1.165, 1.54) is 0 Å². The van der Waals surface area contributed by atoms with Crippen LogP contribution >= 0.6 is 0 Å². The van der Waals surface area contributed by atoms with Gasteiger partial charge in [-0.3, -0.25) is 9.69 Å². The third kappa shape index (κ3) is 4.36. The van der Waals surface area contributed by atoms with Crippen molar-refractivity contribution in [3.63, 3.8) is 0 Å². The Bertz CT molecular complexity index is 650. The molecule has 0 radical (unpaired) electrons. The molecule has 0 unspecified atom stereocenters. The van der Waals surface area contributed by atoms with Crippen molar-refractivity contribution in [3.05, 3.63) is 29.8 Å². The van der Waals surface area contributed by atoms with Crippen molar-refractivity contribution < 1.29 is 4.79 Å². The van der Waals surface area contributed by atoms with Gasteiger partial charge in [0.1, 0.15) is 0 Å². The first kappa shape index (κ1) is 16.5. The van der Waals surface area contributed by atoms with Crippen molar-refractivity contribution in [1.82, 2.24) is 35.7 Å². The summed E-state index contributed by atoms with van der Waals surface area (Å²) in [4.78, 5) is 16.7. The number of amides is 1. The van der Waals surface area contributed by atoms with Crippen LogP contribution in [0.2, 0.25) is 0 Å². The van der Waals surface area contributed by atoms with Crippen molar-refractivity contribution in [2.75, 3.05) is 39.3 Å². The molecule has 1 amide bonds. The monoisotopic (exact) mass is 329 g/mol. The van der Waals surface area contributed by atoms with E-state index in [0.29, 0.717) is 18.9 Å². The van der Waals surface area contributed by atoms with Gasteiger partial charge in [0, 0.05) is 38.3 Å². The van der Waals surface area contributed by atoms with Crippen LogP contribution in [-0.4, -0.2) is 75.6 Å². The van der Waals surface area contributed by atoms with Crippen LogP contribution in [0.1, 0.15) is 12.5 Å². The molecule has 1 aliphatic rings. The second-order valence-electron chi connectivity index (χ2n) is 5.92. The summed E-state index contributed by atoms with van der Waals surface area (Å²) in [7, 11) is 0. The van der Waals surface area contributed by atoms with Gasteiger partial charge >= 0.3 is 0 Å². The Balaban J connectivity index is 1.47. The molecule has 0 saturated carbocycles. The summed E-state index contributed by atoms with van der Waals surface area (Å²) in [5.41, 5.74) is 1.90. The van der Waals surface area contributed by atoms with Gasteiger partial charge in [0.25, 0.3) is 0 Å². The summed E-state index contributed by atoms with van der Waals surface area (Å²) >= 11 is 0. The molecule has 1 aromatic heterocycles. The number of H-pyrrole nitrogens is 1. The highest BCUT2D eigenvalue weighted by molar-refractivity contribution is 5.78. The first-order valence-electron chi connectivity index (χ1n) is 8.29. The summed E-state index contributed by atoms with van der Waals surface area (Å²) in [5.74, 6) is 0.613. The van der Waals surface area contributed by atoms with Crippen LogP contribution in [0.3, 0.4) is 0 Å². The molecule has 1 aromatic carbocycles. The number of piperazine rings is 1. The van der Waals surface area contributed by atoms with Crippen LogP contribution in [0.5, 0.6) is 0 Å². The maximum Gasteiger partial charge on any atom is 0.234 e. The Hall–Kier alpha value is -2.32. The number of rotatable bonds is 6. The van der Waals surface area contributed by atoms with E-state index in [1.54, 1.807) is 0 Å². The first-order valence-corrected chi connectivity index (χ1v) is 8.29. The SMILES string of the molecule is CCN1CCN(CC(=O)NCc2cccc(-c3nn[nH]n3)c2)CC1. The van der Waals surface area contributed by atoms with Gasteiger partial charge in [-0.25, -0.2) is 0 Å². The lowest BCUT2D eigenvalue weighted by Crippen LogP contribution is -2.49. The van der Waals surface area contributed by atoms with Gasteiger partial charge in [-0.05, 0) is 23.4 Å². The highest BCUT2D eigenvalue weighted by Gasteiger charge is 2.17. The molecule has 1 fully saturated rings. The number of nitrogens with zero attached hydrogens (tertiary/aromatic N) is 5. The zero-order valence-electron chi connectivity index (χ0n) is 13.9. The number of carbonyl (C=O) groups is 1. The Morgan fingerprint density at radius 1 is 1.25 bits per heavy atom. The molecule has 0 atom stereocenters. The molecule has 1 aliphatic heterocycles. The first-order chi connectivity index (χ1) is 11.7. The van der Waals surface area contributed by atoms with Crippen molar-refractivity contribution in [3.8, 4) is 11.4 Å². The van der Waals surface area contributed by atoms with E-state index in [9.17, 15) is 4.79 Å². The Labute approximate surface area is 141 Å². The van der Waals surface area contributed by atoms with Gasteiger partial charge < -0.3 is 10.2 Å². The van der Waals surface area contributed by atoms with E-state index >= 15 is 0 Å². The van der Waals surface area contributed by atoms with Crippen LogP contribution in [-0.2, 0) is 11.3 Å². The standard InChI is InChI=1S/C16H23N7O/c1-2-22-6-8-23(9-7-22)12-15(24)17-11-13-4-3-5-14(10-13)16-18-20-21-19-16/h3-5,10H,2,6-9,11-12H2,1H3,(H,17,24)(H,18,19,20,21). The van der Waals surface area contributed by atoms with Crippen molar-refractivity contribution in [2.45, 2.75) is 13.5 Å². The number of hydrogen-bond acceptors (Lipinski definition) is 6. The van der Waals surface area contributed by atoms with Gasteiger partial charge in [0.15, 0.2) is 0 Å². The fraction of sp³-hybridized carbons (Fsp3) is 0.500. The van der Waals surface area contributed by atoms with Crippen molar-refractivity contribution in [1.29, 1.82) is 0 Å². The number of likely N-dealkylation sites (N-methyl/N-ethyl adjacent to an activating group) is 1. The zero-order valence-corrected chi connectivity index (χ0v) is 13.9. The summed E-state index contributed by atoms with van der Waals surface area (Å²) in [6.07, 6.45) is 0. The molecular formula is C16H23N7O. The maximum atomic E-state index is 12.1. The van der Waals surface area contributed by atoms with Crippen LogP contribution < -0.4 is 5.32 Å². The third-order valence-corrected chi connectivity index (χ3v) is 4.30. The minimum Gasteiger partial charge on any atom is -0.351 e. The number of aromatic amines is 1. The fourth-order valence-electron chi connectivity index (χ4n) is 2.83. The van der Waals surface area contributed by atoms with E-state index in [0.717, 1.165) is 43.9 Å². The van der Waals surface area contributed by atoms with Gasteiger partial charge in [-0.15, -0.1) is 10.2 Å². The molecule has 8 nitrogen and oxygen atoms in total. The van der Waals surface area contributed by atoms with Crippen molar-refractivity contribution in [2.24, 2.45) is 0 Å². The molecule has 1 saturated heterocycles.